The molecule has 0 spiro atoms. The maximum Gasteiger partial charge on any atom is 2.00 e. The van der Waals surface area contributed by atoms with Crippen LogP contribution in [0.5, 0.6) is 0 Å². The molecule has 0 aliphatic heterocycles. The first-order valence-corrected chi connectivity index (χ1v) is 19.9. The Kier molecular flexibility index (Phi) is 30.2. The van der Waals surface area contributed by atoms with Crippen LogP contribution in [0.2, 0.25) is 0 Å². The molecule has 52 heavy (non-hydrogen) atoms. The third kappa shape index (κ3) is 18.9. The Labute approximate surface area is 356 Å². The summed E-state index contributed by atoms with van der Waals surface area (Å²) in [5, 5.41) is 12.4. The van der Waals surface area contributed by atoms with Gasteiger partial charge in [0, 0.05) is 0 Å². The largest absolute Gasteiger partial charge is 2.00 e. The Morgan fingerprint density at radius 1 is 0.404 bits per heavy atom. The third-order valence-corrected chi connectivity index (χ3v) is 12.9. The van der Waals surface area contributed by atoms with Crippen molar-refractivity contribution >= 4 is 37.1 Å². The number of halogens is 2. The summed E-state index contributed by atoms with van der Waals surface area (Å²) < 4.78 is 0. The predicted octanol–water partition coefficient (Wildman–Crippen LogP) is 2.45. The van der Waals surface area contributed by atoms with E-state index in [1.54, 1.807) is 0 Å². The molecule has 2 N–H and O–H groups in total. The third-order valence-electron chi connectivity index (χ3n) is 7.50. The summed E-state index contributed by atoms with van der Waals surface area (Å²) in [5.41, 5.74) is 2.45. The van der Waals surface area contributed by atoms with Crippen LogP contribution in [0.1, 0.15) is 25.0 Å². The minimum absolute atomic E-state index is 0. The molecule has 0 bridgehead atoms. The smallest absolute Gasteiger partial charge is 1.00 e. The molecule has 0 heterocycles. The topological polar surface area (TPSA) is 24.1 Å². The summed E-state index contributed by atoms with van der Waals surface area (Å²) in [6, 6.07) is 66.5. The second-order valence-electron chi connectivity index (χ2n) is 11.0. The van der Waals surface area contributed by atoms with E-state index < -0.39 is 0 Å². The van der Waals surface area contributed by atoms with Gasteiger partial charge in [-0.3, -0.25) is 0 Å². The fourth-order valence-electron chi connectivity index (χ4n) is 5.05. The first kappa shape index (κ1) is 50.0. The fourth-order valence-corrected chi connectivity index (χ4v) is 10.4. The molecule has 0 fully saturated rings. The van der Waals surface area contributed by atoms with Gasteiger partial charge in [-0.05, 0) is 75.6 Å². The van der Waals surface area contributed by atoms with E-state index in [0.717, 1.165) is 26.2 Å². The minimum Gasteiger partial charge on any atom is -1.00 e. The average molecular weight is 951 g/mol. The van der Waals surface area contributed by atoms with Crippen LogP contribution in [0.3, 0.4) is 0 Å². The maximum atomic E-state index is 3.23. The van der Waals surface area contributed by atoms with Crippen molar-refractivity contribution in [2.45, 2.75) is 26.9 Å². The van der Waals surface area contributed by atoms with Gasteiger partial charge >= 0.3 is 40.8 Å². The normalized spacial score (nSPS) is 9.69. The second kappa shape index (κ2) is 31.4. The van der Waals surface area contributed by atoms with Crippen molar-refractivity contribution in [2.24, 2.45) is 0 Å². The quantitative estimate of drug-likeness (QED) is 0.106. The Balaban J connectivity index is 0.000000902. The summed E-state index contributed by atoms with van der Waals surface area (Å²) in [6.07, 6.45) is 2.41. The van der Waals surface area contributed by atoms with Gasteiger partial charge in [0.25, 0.3) is 0 Å². The maximum absolute atomic E-state index is 3.23. The van der Waals surface area contributed by atoms with E-state index in [1.807, 2.05) is 36.4 Å². The predicted molar refractivity (Wildman–Crippen MR) is 213 cm³/mol. The van der Waals surface area contributed by atoms with Gasteiger partial charge in [0.1, 0.15) is 0 Å². The van der Waals surface area contributed by atoms with Gasteiger partial charge < -0.3 is 35.4 Å². The summed E-state index contributed by atoms with van der Waals surface area (Å²) in [6.45, 7) is 8.09. The zero-order valence-electron chi connectivity index (χ0n) is 29.7. The Hall–Kier alpha value is -2.00. The van der Waals surface area contributed by atoms with E-state index in [9.17, 15) is 0 Å². The molecule has 2 nitrogen and oxygen atoms in total. The molecule has 0 unspecified atom stereocenters. The van der Waals surface area contributed by atoms with Crippen LogP contribution in [0.15, 0.2) is 170 Å². The molecule has 0 radical (unpaired) electrons. The number of nitrogens with one attached hydrogen (secondary N) is 2. The van der Waals surface area contributed by atoms with Crippen LogP contribution in [0, 0.1) is 12.1 Å². The molecule has 0 saturated carbocycles. The summed E-state index contributed by atoms with van der Waals surface area (Å²) >= 11 is 0. The van der Waals surface area contributed by atoms with Gasteiger partial charge in [-0.15, -0.1) is 11.1 Å². The number of rotatable bonds is 13. The van der Waals surface area contributed by atoms with Crippen molar-refractivity contribution in [2.75, 3.05) is 25.4 Å². The van der Waals surface area contributed by atoms with E-state index in [4.69, 9.17) is 0 Å². The molecule has 6 aromatic carbocycles. The van der Waals surface area contributed by atoms with E-state index in [1.165, 1.54) is 44.7 Å². The SMILES string of the molecule is CCNCc1[c-]cccc1.CCNCc1[c-]cccc1.[Cl-].[Cl-].[Pd+2].[Pd+2].c1ccc(P(CCP(c2ccccc2)c2ccccc2)c2ccccc2)cc1. The monoisotopic (exact) mass is 948 g/mol. The van der Waals surface area contributed by atoms with Gasteiger partial charge in [0.05, 0.1) is 0 Å². The molecule has 0 amide bonds. The number of benzene rings is 6. The Bertz CT molecular complexity index is 1440. The van der Waals surface area contributed by atoms with Crippen LogP contribution in [0.25, 0.3) is 0 Å². The van der Waals surface area contributed by atoms with Crippen molar-refractivity contribution in [1.82, 2.24) is 10.6 Å². The van der Waals surface area contributed by atoms with Crippen LogP contribution in [0.4, 0.5) is 0 Å². The van der Waals surface area contributed by atoms with E-state index in [0.29, 0.717) is 0 Å². The minimum atomic E-state index is -0.348. The standard InChI is InChI=1S/C26H24P2.2C9H12N.2ClH.2Pd/c1-5-13-23(14-6-1)27(24-15-7-2-8-16-24)21-22-28(25-17-9-3-10-18-25)26-19-11-4-12-20-26;2*1-2-10-8-9-6-4-3-5-7-9;;;;/h1-20H,21-22H2;2*3-6,10H,2,8H2,1H3;2*1H;;/q;2*-1;;;2*+2/p-2. The van der Waals surface area contributed by atoms with E-state index in [-0.39, 0.29) is 81.5 Å². The molecule has 6 aromatic rings. The van der Waals surface area contributed by atoms with Gasteiger partial charge in [-0.25, -0.2) is 0 Å². The molecule has 6 rings (SSSR count). The van der Waals surface area contributed by atoms with Crippen molar-refractivity contribution in [3.63, 3.8) is 0 Å². The number of hydrogen-bond acceptors (Lipinski definition) is 2. The molecule has 0 aliphatic carbocycles. The van der Waals surface area contributed by atoms with Crippen molar-refractivity contribution in [3.8, 4) is 0 Å². The molecule has 0 aromatic heterocycles. The average Bonchev–Trinajstić information content (AvgIpc) is 3.18. The summed E-state index contributed by atoms with van der Waals surface area (Å²) in [5.74, 6) is 0. The summed E-state index contributed by atoms with van der Waals surface area (Å²) in [4.78, 5) is 0. The molecule has 8 heteroatoms. The zero-order chi connectivity index (χ0) is 33.5. The number of hydrogen-bond donors (Lipinski definition) is 2. The van der Waals surface area contributed by atoms with Crippen molar-refractivity contribution < 1.29 is 65.7 Å². The molecular weight excluding hydrogens is 902 g/mol. The molecule has 0 saturated heterocycles. The first-order chi connectivity index (χ1) is 23.8. The Morgan fingerprint density at radius 3 is 0.904 bits per heavy atom. The zero-order valence-corrected chi connectivity index (χ0v) is 36.1. The molecule has 0 aliphatic rings. The Morgan fingerprint density at radius 2 is 0.673 bits per heavy atom. The van der Waals surface area contributed by atoms with Gasteiger partial charge in [-0.1, -0.05) is 135 Å². The van der Waals surface area contributed by atoms with E-state index in [2.05, 4.69) is 170 Å². The fraction of sp³-hybridized carbons (Fsp3) is 0.182. The van der Waals surface area contributed by atoms with Gasteiger partial charge in [0.2, 0.25) is 0 Å². The second-order valence-corrected chi connectivity index (χ2v) is 15.7. The van der Waals surface area contributed by atoms with Crippen LogP contribution < -0.4 is 56.7 Å². The van der Waals surface area contributed by atoms with Crippen LogP contribution in [-0.2, 0) is 53.9 Å². The molecule has 278 valence electrons. The first-order valence-electron chi connectivity index (χ1n) is 16.9. The molecular formula is C44H48Cl2N2P2Pd2. The van der Waals surface area contributed by atoms with Gasteiger partial charge in [0.15, 0.2) is 0 Å². The van der Waals surface area contributed by atoms with E-state index >= 15 is 0 Å². The van der Waals surface area contributed by atoms with Crippen molar-refractivity contribution in [1.29, 1.82) is 0 Å². The van der Waals surface area contributed by atoms with Crippen LogP contribution in [-0.4, -0.2) is 25.4 Å². The molecule has 0 atom stereocenters. The van der Waals surface area contributed by atoms with Crippen LogP contribution >= 0.6 is 15.8 Å². The van der Waals surface area contributed by atoms with Crippen molar-refractivity contribution in [3.05, 3.63) is 193 Å². The van der Waals surface area contributed by atoms with Gasteiger partial charge in [-0.2, -0.15) is 60.7 Å². The summed E-state index contributed by atoms with van der Waals surface area (Å²) in [7, 11) is -0.696.